The minimum atomic E-state index is 0.328. The quantitative estimate of drug-likeness (QED) is 0.735. The predicted molar refractivity (Wildman–Crippen MR) is 59.7 cm³/mol. The topological polar surface area (TPSA) is 81.6 Å². The number of nitrogens with zero attached hydrogens (tertiary/aromatic N) is 4. The van der Waals surface area contributed by atoms with Crippen LogP contribution in [0.4, 0.5) is 11.1 Å². The Morgan fingerprint density at radius 1 is 1.53 bits per heavy atom. The molecule has 0 saturated carbocycles. The van der Waals surface area contributed by atoms with Gasteiger partial charge in [-0.25, -0.2) is 0 Å². The van der Waals surface area contributed by atoms with Gasteiger partial charge in [0.1, 0.15) is 0 Å². The molecule has 2 aromatic heterocycles. The molecule has 6 nitrogen and oxygen atoms in total. The highest BCUT2D eigenvalue weighted by molar-refractivity contribution is 7.09. The lowest BCUT2D eigenvalue weighted by molar-refractivity contribution is 0.592. The van der Waals surface area contributed by atoms with Crippen molar-refractivity contribution in [2.24, 2.45) is 0 Å². The molecule has 2 heterocycles. The Morgan fingerprint density at radius 3 is 3.13 bits per heavy atom. The second kappa shape index (κ2) is 4.74. The van der Waals surface area contributed by atoms with Crippen molar-refractivity contribution < 1.29 is 0 Å². The molecule has 7 heteroatoms. The van der Waals surface area contributed by atoms with Crippen LogP contribution < -0.4 is 11.1 Å². The van der Waals surface area contributed by atoms with Crippen LogP contribution in [0.15, 0.2) is 18.5 Å². The molecule has 15 heavy (non-hydrogen) atoms. The molecule has 0 unspecified atom stereocenters. The Hall–Kier alpha value is -1.63. The highest BCUT2D eigenvalue weighted by Gasteiger charge is 1.98. The van der Waals surface area contributed by atoms with Gasteiger partial charge in [-0.3, -0.25) is 4.68 Å². The van der Waals surface area contributed by atoms with E-state index in [0.717, 1.165) is 24.6 Å². The maximum absolute atomic E-state index is 5.39. The molecule has 0 atom stereocenters. The molecular formula is C8H12N6S. The van der Waals surface area contributed by atoms with Crippen LogP contribution in [0.25, 0.3) is 0 Å². The summed E-state index contributed by atoms with van der Waals surface area (Å²) < 4.78 is 5.77. The summed E-state index contributed by atoms with van der Waals surface area (Å²) in [5.74, 6) is 0.328. The van der Waals surface area contributed by atoms with Gasteiger partial charge < -0.3 is 11.1 Å². The standard InChI is InChI=1S/C8H12N6S/c9-7-12-8(15-13-7)10-3-1-5-14-6-2-4-11-14/h2,4,6H,1,3,5H2,(H3,9,10,12,13). The van der Waals surface area contributed by atoms with Gasteiger partial charge in [0.25, 0.3) is 0 Å². The Morgan fingerprint density at radius 2 is 2.47 bits per heavy atom. The first-order valence-electron chi connectivity index (χ1n) is 4.65. The van der Waals surface area contributed by atoms with Crippen LogP contribution in [0.5, 0.6) is 0 Å². The van der Waals surface area contributed by atoms with Gasteiger partial charge in [0.05, 0.1) is 0 Å². The summed E-state index contributed by atoms with van der Waals surface area (Å²) in [6, 6.07) is 1.92. The molecule has 0 bridgehead atoms. The number of hydrogen-bond donors (Lipinski definition) is 2. The molecule has 0 fully saturated rings. The van der Waals surface area contributed by atoms with E-state index in [-0.39, 0.29) is 0 Å². The van der Waals surface area contributed by atoms with Crippen LogP contribution in [-0.2, 0) is 6.54 Å². The predicted octanol–water partition coefficient (Wildman–Crippen LogP) is 0.819. The minimum Gasteiger partial charge on any atom is -0.367 e. The Bertz CT molecular complexity index is 395. The third kappa shape index (κ3) is 2.91. The lowest BCUT2D eigenvalue weighted by Crippen LogP contribution is -2.06. The maximum Gasteiger partial charge on any atom is 0.233 e. The van der Waals surface area contributed by atoms with Crippen molar-refractivity contribution in [2.75, 3.05) is 17.6 Å². The summed E-state index contributed by atoms with van der Waals surface area (Å²) in [6.45, 7) is 1.74. The second-order valence-corrected chi connectivity index (χ2v) is 3.76. The van der Waals surface area contributed by atoms with E-state index in [1.165, 1.54) is 11.5 Å². The van der Waals surface area contributed by atoms with Crippen LogP contribution in [0.1, 0.15) is 6.42 Å². The molecule has 0 aliphatic carbocycles. The first-order chi connectivity index (χ1) is 7.34. The van der Waals surface area contributed by atoms with E-state index < -0.39 is 0 Å². The number of rotatable bonds is 5. The molecule has 0 amide bonds. The number of aromatic nitrogens is 4. The summed E-state index contributed by atoms with van der Waals surface area (Å²) in [5.41, 5.74) is 5.39. The molecule has 2 rings (SSSR count). The molecule has 2 aromatic rings. The van der Waals surface area contributed by atoms with Crippen LogP contribution in [0, 0.1) is 0 Å². The fourth-order valence-corrected chi connectivity index (χ4v) is 1.70. The highest BCUT2D eigenvalue weighted by atomic mass is 32.1. The molecule has 0 aromatic carbocycles. The van der Waals surface area contributed by atoms with Gasteiger partial charge in [-0.15, -0.1) is 0 Å². The third-order valence-electron chi connectivity index (χ3n) is 1.84. The monoisotopic (exact) mass is 224 g/mol. The molecule has 3 N–H and O–H groups in total. The van der Waals surface area contributed by atoms with E-state index in [2.05, 4.69) is 19.8 Å². The molecule has 0 radical (unpaired) electrons. The summed E-state index contributed by atoms with van der Waals surface area (Å²) in [5, 5.41) is 8.03. The largest absolute Gasteiger partial charge is 0.367 e. The normalized spacial score (nSPS) is 10.4. The Labute approximate surface area is 91.3 Å². The van der Waals surface area contributed by atoms with Gasteiger partial charge in [0.15, 0.2) is 0 Å². The first kappa shape index (κ1) is 9.91. The summed E-state index contributed by atoms with van der Waals surface area (Å²) in [7, 11) is 0. The van der Waals surface area contributed by atoms with Gasteiger partial charge in [-0.1, -0.05) is 0 Å². The van der Waals surface area contributed by atoms with Gasteiger partial charge in [0.2, 0.25) is 11.1 Å². The molecule has 80 valence electrons. The zero-order valence-corrected chi connectivity index (χ0v) is 8.94. The Balaban J connectivity index is 1.67. The van der Waals surface area contributed by atoms with E-state index >= 15 is 0 Å². The van der Waals surface area contributed by atoms with Crippen LogP contribution in [0.2, 0.25) is 0 Å². The van der Waals surface area contributed by atoms with Gasteiger partial charge in [-0.05, 0) is 12.5 Å². The number of aryl methyl sites for hydroxylation is 1. The Kier molecular flexibility index (Phi) is 3.13. The lowest BCUT2D eigenvalue weighted by atomic mass is 10.4. The molecule has 0 spiro atoms. The van der Waals surface area contributed by atoms with Crippen molar-refractivity contribution >= 4 is 22.6 Å². The summed E-state index contributed by atoms with van der Waals surface area (Å²) >= 11 is 1.28. The van der Waals surface area contributed by atoms with Crippen molar-refractivity contribution in [1.82, 2.24) is 19.1 Å². The zero-order valence-electron chi connectivity index (χ0n) is 8.13. The van der Waals surface area contributed by atoms with E-state index in [1.54, 1.807) is 6.20 Å². The van der Waals surface area contributed by atoms with Crippen molar-refractivity contribution in [3.63, 3.8) is 0 Å². The van der Waals surface area contributed by atoms with Crippen molar-refractivity contribution in [3.05, 3.63) is 18.5 Å². The number of nitrogens with one attached hydrogen (secondary N) is 1. The average molecular weight is 224 g/mol. The van der Waals surface area contributed by atoms with Gasteiger partial charge in [-0.2, -0.15) is 14.5 Å². The fourth-order valence-electron chi connectivity index (χ4n) is 1.18. The average Bonchev–Trinajstić information content (AvgIpc) is 2.84. The minimum absolute atomic E-state index is 0.328. The van der Waals surface area contributed by atoms with Crippen molar-refractivity contribution in [1.29, 1.82) is 0 Å². The summed E-state index contributed by atoms with van der Waals surface area (Å²) in [4.78, 5) is 4.00. The zero-order chi connectivity index (χ0) is 10.5. The second-order valence-electron chi connectivity index (χ2n) is 3.01. The number of hydrogen-bond acceptors (Lipinski definition) is 6. The molecule has 0 saturated heterocycles. The van der Waals surface area contributed by atoms with Crippen LogP contribution in [-0.4, -0.2) is 25.7 Å². The smallest absolute Gasteiger partial charge is 0.233 e. The number of nitrogens with two attached hydrogens (primary N) is 1. The summed E-state index contributed by atoms with van der Waals surface area (Å²) in [6.07, 6.45) is 4.71. The highest BCUT2D eigenvalue weighted by Crippen LogP contribution is 2.11. The first-order valence-corrected chi connectivity index (χ1v) is 5.42. The molecule has 0 aliphatic rings. The van der Waals surface area contributed by atoms with Crippen molar-refractivity contribution in [2.45, 2.75) is 13.0 Å². The maximum atomic E-state index is 5.39. The van der Waals surface area contributed by atoms with Gasteiger partial charge >= 0.3 is 0 Å². The van der Waals surface area contributed by atoms with Crippen LogP contribution >= 0.6 is 11.5 Å². The van der Waals surface area contributed by atoms with Crippen LogP contribution in [0.3, 0.4) is 0 Å². The lowest BCUT2D eigenvalue weighted by Gasteiger charge is -2.02. The van der Waals surface area contributed by atoms with Crippen molar-refractivity contribution in [3.8, 4) is 0 Å². The van der Waals surface area contributed by atoms with Gasteiger partial charge in [0, 0.05) is 37.0 Å². The molecular weight excluding hydrogens is 212 g/mol. The van der Waals surface area contributed by atoms with E-state index in [1.807, 2.05) is 16.9 Å². The number of nitrogen functional groups attached to an aromatic ring is 1. The van der Waals surface area contributed by atoms with E-state index in [0.29, 0.717) is 5.95 Å². The van der Waals surface area contributed by atoms with E-state index in [4.69, 9.17) is 5.73 Å². The third-order valence-corrected chi connectivity index (χ3v) is 2.53. The van der Waals surface area contributed by atoms with E-state index in [9.17, 15) is 0 Å². The SMILES string of the molecule is Nc1nsc(NCCCn2cccn2)n1. The molecule has 0 aliphatic heterocycles. The number of anilines is 2. The fraction of sp³-hybridized carbons (Fsp3) is 0.375.